The van der Waals surface area contributed by atoms with Crippen LogP contribution in [0.25, 0.3) is 11.1 Å². The van der Waals surface area contributed by atoms with Crippen molar-refractivity contribution in [1.82, 2.24) is 19.9 Å². The van der Waals surface area contributed by atoms with Crippen molar-refractivity contribution in [1.29, 1.82) is 0 Å². The van der Waals surface area contributed by atoms with Crippen molar-refractivity contribution in [2.24, 2.45) is 5.73 Å². The Kier molecular flexibility index (Phi) is 3.92. The Bertz CT molecular complexity index is 1110. The highest BCUT2D eigenvalue weighted by Crippen LogP contribution is 2.46. The first kappa shape index (κ1) is 17.7. The third kappa shape index (κ3) is 2.70. The quantitative estimate of drug-likeness (QED) is 0.752. The van der Waals surface area contributed by atoms with E-state index >= 15 is 0 Å². The van der Waals surface area contributed by atoms with Gasteiger partial charge in [0.05, 0.1) is 23.5 Å². The fourth-order valence-corrected chi connectivity index (χ4v) is 3.28. The Morgan fingerprint density at radius 3 is 2.46 bits per heavy atom. The van der Waals surface area contributed by atoms with E-state index in [0.717, 1.165) is 16.7 Å². The standard InChI is InChI=1S/C20H18N6O2/c1-11-23-7-13(8-24-11)12-4-5-14-16(6-12)26(19(28)20(14,2)3)17-10-22-9-15(25-17)18(21)27/h4-10H,1-3H3,(H2,21,27). The summed E-state index contributed by atoms with van der Waals surface area (Å²) >= 11 is 0. The van der Waals surface area contributed by atoms with Crippen molar-refractivity contribution in [3.63, 3.8) is 0 Å². The Labute approximate surface area is 161 Å². The summed E-state index contributed by atoms with van der Waals surface area (Å²) in [6.45, 7) is 5.53. The van der Waals surface area contributed by atoms with E-state index in [1.165, 1.54) is 17.3 Å². The second kappa shape index (κ2) is 6.19. The van der Waals surface area contributed by atoms with E-state index in [0.29, 0.717) is 11.5 Å². The van der Waals surface area contributed by atoms with Crippen LogP contribution in [0.4, 0.5) is 11.5 Å². The Morgan fingerprint density at radius 1 is 1.07 bits per heavy atom. The van der Waals surface area contributed by atoms with E-state index < -0.39 is 11.3 Å². The highest BCUT2D eigenvalue weighted by atomic mass is 16.2. The molecule has 1 aromatic carbocycles. The smallest absolute Gasteiger partial charge is 0.268 e. The van der Waals surface area contributed by atoms with Gasteiger partial charge in [-0.1, -0.05) is 12.1 Å². The third-order valence-corrected chi connectivity index (χ3v) is 4.87. The van der Waals surface area contributed by atoms with Gasteiger partial charge in [0.1, 0.15) is 11.5 Å². The molecule has 0 fully saturated rings. The molecule has 0 spiro atoms. The number of aryl methyl sites for hydroxylation is 1. The summed E-state index contributed by atoms with van der Waals surface area (Å²) < 4.78 is 0. The molecular formula is C20H18N6O2. The Hall–Kier alpha value is -3.68. The van der Waals surface area contributed by atoms with Gasteiger partial charge in [-0.15, -0.1) is 0 Å². The number of hydrogen-bond donors (Lipinski definition) is 1. The molecule has 3 aromatic rings. The number of benzene rings is 1. The number of primary amides is 1. The highest BCUT2D eigenvalue weighted by Gasteiger charge is 2.45. The fourth-order valence-electron chi connectivity index (χ4n) is 3.28. The van der Waals surface area contributed by atoms with Crippen LogP contribution >= 0.6 is 0 Å². The lowest BCUT2D eigenvalue weighted by molar-refractivity contribution is -0.121. The molecule has 140 valence electrons. The summed E-state index contributed by atoms with van der Waals surface area (Å²) in [5.74, 6) is 0.0774. The van der Waals surface area contributed by atoms with Gasteiger partial charge in [-0.25, -0.2) is 15.0 Å². The zero-order valence-corrected chi connectivity index (χ0v) is 15.7. The molecule has 8 nitrogen and oxygen atoms in total. The number of carbonyl (C=O) groups excluding carboxylic acids is 2. The van der Waals surface area contributed by atoms with Crippen LogP contribution in [0.2, 0.25) is 0 Å². The predicted molar refractivity (Wildman–Crippen MR) is 103 cm³/mol. The molecule has 2 aromatic heterocycles. The molecule has 2 N–H and O–H groups in total. The van der Waals surface area contributed by atoms with Crippen LogP contribution in [0, 0.1) is 6.92 Å². The molecule has 2 amide bonds. The zero-order chi connectivity index (χ0) is 20.1. The van der Waals surface area contributed by atoms with Crippen LogP contribution < -0.4 is 10.6 Å². The first-order chi connectivity index (χ1) is 13.3. The van der Waals surface area contributed by atoms with E-state index in [1.54, 1.807) is 12.4 Å². The SMILES string of the molecule is Cc1ncc(-c2ccc3c(c2)N(c2cncc(C(N)=O)n2)C(=O)C3(C)C)cn1. The Balaban J connectivity index is 1.88. The molecule has 0 atom stereocenters. The molecule has 0 bridgehead atoms. The number of hydrogen-bond acceptors (Lipinski definition) is 6. The summed E-state index contributed by atoms with van der Waals surface area (Å²) in [5.41, 5.74) is 7.82. The highest BCUT2D eigenvalue weighted by molar-refractivity contribution is 6.12. The van der Waals surface area contributed by atoms with Crippen LogP contribution in [0.1, 0.15) is 35.7 Å². The minimum atomic E-state index is -0.748. The zero-order valence-electron chi connectivity index (χ0n) is 15.7. The van der Waals surface area contributed by atoms with Gasteiger partial charge in [0.15, 0.2) is 5.82 Å². The van der Waals surface area contributed by atoms with Gasteiger partial charge in [-0.05, 0) is 38.0 Å². The maximum absolute atomic E-state index is 13.2. The van der Waals surface area contributed by atoms with Gasteiger partial charge in [0.25, 0.3) is 5.91 Å². The molecule has 3 heterocycles. The lowest BCUT2D eigenvalue weighted by atomic mass is 9.85. The van der Waals surface area contributed by atoms with Crippen LogP contribution in [-0.4, -0.2) is 31.8 Å². The van der Waals surface area contributed by atoms with Crippen LogP contribution in [-0.2, 0) is 10.2 Å². The van der Waals surface area contributed by atoms with Crippen LogP contribution in [0.15, 0.2) is 43.0 Å². The average molecular weight is 374 g/mol. The predicted octanol–water partition coefficient (Wildman–Crippen LogP) is 2.30. The van der Waals surface area contributed by atoms with E-state index in [4.69, 9.17) is 5.73 Å². The van der Waals surface area contributed by atoms with E-state index in [1.807, 2.05) is 39.0 Å². The molecule has 0 unspecified atom stereocenters. The second-order valence-electron chi connectivity index (χ2n) is 7.14. The van der Waals surface area contributed by atoms with Crippen molar-refractivity contribution >= 4 is 23.3 Å². The van der Waals surface area contributed by atoms with E-state index in [9.17, 15) is 9.59 Å². The number of carbonyl (C=O) groups is 2. The van der Waals surface area contributed by atoms with Crippen LogP contribution in [0.3, 0.4) is 0 Å². The molecule has 0 saturated heterocycles. The summed E-state index contributed by atoms with van der Waals surface area (Å²) in [7, 11) is 0. The normalized spacial score (nSPS) is 14.8. The van der Waals surface area contributed by atoms with Crippen molar-refractivity contribution in [2.75, 3.05) is 4.90 Å². The molecule has 1 aliphatic rings. The van der Waals surface area contributed by atoms with Crippen LogP contribution in [0.5, 0.6) is 0 Å². The third-order valence-electron chi connectivity index (χ3n) is 4.87. The number of nitrogens with zero attached hydrogens (tertiary/aromatic N) is 5. The average Bonchev–Trinajstić information content (AvgIpc) is 2.88. The topological polar surface area (TPSA) is 115 Å². The number of anilines is 2. The molecule has 4 rings (SSSR count). The van der Waals surface area contributed by atoms with Gasteiger partial charge < -0.3 is 5.73 Å². The Morgan fingerprint density at radius 2 is 1.79 bits per heavy atom. The second-order valence-corrected chi connectivity index (χ2v) is 7.14. The maximum atomic E-state index is 13.2. The minimum absolute atomic E-state index is 0.000328. The maximum Gasteiger partial charge on any atom is 0.268 e. The molecule has 0 radical (unpaired) electrons. The summed E-state index contributed by atoms with van der Waals surface area (Å²) in [4.78, 5) is 42.9. The number of aromatic nitrogens is 4. The summed E-state index contributed by atoms with van der Waals surface area (Å²) in [6, 6.07) is 5.76. The molecule has 28 heavy (non-hydrogen) atoms. The summed E-state index contributed by atoms with van der Waals surface area (Å²) in [6.07, 6.45) is 6.20. The van der Waals surface area contributed by atoms with E-state index in [-0.39, 0.29) is 17.4 Å². The fraction of sp³-hybridized carbons (Fsp3) is 0.200. The van der Waals surface area contributed by atoms with Gasteiger partial charge in [0, 0.05) is 18.0 Å². The van der Waals surface area contributed by atoms with Crippen molar-refractivity contribution in [3.8, 4) is 11.1 Å². The monoisotopic (exact) mass is 374 g/mol. The largest absolute Gasteiger partial charge is 0.364 e. The number of fused-ring (bicyclic) bond motifs is 1. The van der Waals surface area contributed by atoms with Crippen molar-refractivity contribution in [2.45, 2.75) is 26.2 Å². The summed E-state index contributed by atoms with van der Waals surface area (Å²) in [5, 5.41) is 0. The number of amides is 2. The van der Waals surface area contributed by atoms with Gasteiger partial charge >= 0.3 is 0 Å². The molecule has 0 saturated carbocycles. The molecular weight excluding hydrogens is 356 g/mol. The van der Waals surface area contributed by atoms with Gasteiger partial charge in [-0.3, -0.25) is 19.5 Å². The van der Waals surface area contributed by atoms with Gasteiger partial charge in [0.2, 0.25) is 5.91 Å². The first-order valence-corrected chi connectivity index (χ1v) is 8.69. The molecule has 8 heteroatoms. The van der Waals surface area contributed by atoms with Crippen molar-refractivity contribution in [3.05, 3.63) is 60.1 Å². The number of rotatable bonds is 3. The van der Waals surface area contributed by atoms with Gasteiger partial charge in [-0.2, -0.15) is 0 Å². The van der Waals surface area contributed by atoms with Crippen molar-refractivity contribution < 1.29 is 9.59 Å². The number of nitrogens with two attached hydrogens (primary N) is 1. The molecule has 1 aliphatic heterocycles. The minimum Gasteiger partial charge on any atom is -0.364 e. The lowest BCUT2D eigenvalue weighted by Gasteiger charge is -2.19. The van der Waals surface area contributed by atoms with E-state index in [2.05, 4.69) is 19.9 Å². The first-order valence-electron chi connectivity index (χ1n) is 8.69. The molecule has 0 aliphatic carbocycles. The lowest BCUT2D eigenvalue weighted by Crippen LogP contribution is -2.34.